The molecule has 0 unspecified atom stereocenters. The first-order chi connectivity index (χ1) is 12.2. The number of alkyl halides is 1. The third-order valence-electron chi connectivity index (χ3n) is 4.44. The van der Waals surface area contributed by atoms with Crippen LogP contribution in [0.15, 0.2) is 66.7 Å². The molecule has 0 saturated carbocycles. The summed E-state index contributed by atoms with van der Waals surface area (Å²) in [6.07, 6.45) is 3.02. The molecule has 0 aliphatic carbocycles. The zero-order valence-corrected chi connectivity index (χ0v) is 15.2. The van der Waals surface area contributed by atoms with E-state index in [-0.39, 0.29) is 5.82 Å². The fourth-order valence-corrected chi connectivity index (χ4v) is 3.26. The van der Waals surface area contributed by atoms with Gasteiger partial charge in [0.1, 0.15) is 5.82 Å². The van der Waals surface area contributed by atoms with Crippen molar-refractivity contribution in [3.05, 3.63) is 83.7 Å². The van der Waals surface area contributed by atoms with E-state index in [4.69, 9.17) is 11.6 Å². The van der Waals surface area contributed by atoms with Gasteiger partial charge in [-0.1, -0.05) is 74.0 Å². The largest absolute Gasteiger partial charge is 0.206 e. The molecule has 0 heterocycles. The van der Waals surface area contributed by atoms with Crippen LogP contribution in [-0.2, 0) is 12.8 Å². The van der Waals surface area contributed by atoms with Gasteiger partial charge in [0.25, 0.3) is 0 Å². The summed E-state index contributed by atoms with van der Waals surface area (Å²) < 4.78 is 14.7. The van der Waals surface area contributed by atoms with Crippen molar-refractivity contribution in [1.29, 1.82) is 0 Å². The van der Waals surface area contributed by atoms with E-state index in [1.807, 2.05) is 36.4 Å². The second-order valence-corrected chi connectivity index (χ2v) is 6.66. The van der Waals surface area contributed by atoms with Crippen molar-refractivity contribution in [2.75, 3.05) is 5.88 Å². The van der Waals surface area contributed by atoms with Gasteiger partial charge in [-0.3, -0.25) is 0 Å². The Bertz CT molecular complexity index is 820. The molecule has 0 saturated heterocycles. The normalized spacial score (nSPS) is 10.8. The van der Waals surface area contributed by atoms with Crippen LogP contribution in [0.4, 0.5) is 4.39 Å². The Morgan fingerprint density at radius 2 is 1.28 bits per heavy atom. The molecule has 0 atom stereocenters. The molecule has 0 fully saturated rings. The topological polar surface area (TPSA) is 0 Å². The van der Waals surface area contributed by atoms with Gasteiger partial charge >= 0.3 is 0 Å². The highest BCUT2D eigenvalue weighted by Crippen LogP contribution is 2.28. The highest BCUT2D eigenvalue weighted by atomic mass is 35.5. The molecule has 3 aromatic rings. The van der Waals surface area contributed by atoms with E-state index in [9.17, 15) is 4.39 Å². The Hall–Kier alpha value is -2.12. The van der Waals surface area contributed by atoms with Crippen molar-refractivity contribution in [2.45, 2.75) is 26.2 Å². The average molecular weight is 353 g/mol. The minimum absolute atomic E-state index is 0.189. The Balaban J connectivity index is 1.85. The molecule has 0 spiro atoms. The lowest BCUT2D eigenvalue weighted by atomic mass is 9.97. The molecule has 2 heteroatoms. The fraction of sp³-hybridized carbons (Fsp3) is 0.217. The summed E-state index contributed by atoms with van der Waals surface area (Å²) in [5.74, 6) is 0.422. The lowest BCUT2D eigenvalue weighted by Gasteiger charge is -2.09. The van der Waals surface area contributed by atoms with Crippen molar-refractivity contribution in [3.63, 3.8) is 0 Å². The van der Waals surface area contributed by atoms with Crippen LogP contribution in [0.25, 0.3) is 22.3 Å². The van der Waals surface area contributed by atoms with Gasteiger partial charge in [0, 0.05) is 11.4 Å². The average Bonchev–Trinajstić information content (AvgIpc) is 2.64. The summed E-state index contributed by atoms with van der Waals surface area (Å²) in [6, 6.07) is 21.8. The first kappa shape index (κ1) is 17.7. The highest BCUT2D eigenvalue weighted by molar-refractivity contribution is 6.17. The van der Waals surface area contributed by atoms with E-state index < -0.39 is 0 Å². The number of aryl methyl sites for hydroxylation is 2. The summed E-state index contributed by atoms with van der Waals surface area (Å²) in [5.41, 5.74) is 5.96. The van der Waals surface area contributed by atoms with Gasteiger partial charge in [0.05, 0.1) is 0 Å². The summed E-state index contributed by atoms with van der Waals surface area (Å²) in [7, 11) is 0. The fourth-order valence-electron chi connectivity index (χ4n) is 3.04. The van der Waals surface area contributed by atoms with E-state index in [1.165, 1.54) is 11.1 Å². The maximum atomic E-state index is 14.7. The van der Waals surface area contributed by atoms with Crippen LogP contribution in [0.5, 0.6) is 0 Å². The minimum atomic E-state index is -0.189. The Morgan fingerprint density at radius 3 is 1.84 bits per heavy atom. The van der Waals surface area contributed by atoms with Crippen molar-refractivity contribution < 1.29 is 4.39 Å². The predicted octanol–water partition coefficient (Wildman–Crippen LogP) is 6.89. The van der Waals surface area contributed by atoms with Crippen molar-refractivity contribution >= 4 is 11.6 Å². The quantitative estimate of drug-likeness (QED) is 0.423. The lowest BCUT2D eigenvalue weighted by Crippen LogP contribution is -1.89. The molecule has 128 valence electrons. The van der Waals surface area contributed by atoms with Gasteiger partial charge in [0.2, 0.25) is 0 Å². The van der Waals surface area contributed by atoms with E-state index in [0.29, 0.717) is 11.4 Å². The van der Waals surface area contributed by atoms with Gasteiger partial charge in [0.15, 0.2) is 0 Å². The van der Waals surface area contributed by atoms with Crippen LogP contribution in [0.1, 0.15) is 24.5 Å². The number of rotatable bonds is 6. The van der Waals surface area contributed by atoms with Crippen molar-refractivity contribution in [2.24, 2.45) is 0 Å². The smallest absolute Gasteiger partial charge is 0.131 e. The van der Waals surface area contributed by atoms with E-state index in [1.54, 1.807) is 6.07 Å². The standard InChI is InChI=1S/C23H22ClF/c1-2-3-17-6-10-20(11-7-17)22-13-12-21(16-23(22)25)19-8-4-18(5-9-19)14-15-24/h4-13,16H,2-3,14-15H2,1H3. The van der Waals surface area contributed by atoms with Crippen LogP contribution >= 0.6 is 11.6 Å². The first-order valence-electron chi connectivity index (χ1n) is 8.75. The van der Waals surface area contributed by atoms with E-state index in [2.05, 4.69) is 31.2 Å². The van der Waals surface area contributed by atoms with Gasteiger partial charge in [-0.05, 0) is 46.7 Å². The van der Waals surface area contributed by atoms with Crippen LogP contribution in [0.2, 0.25) is 0 Å². The van der Waals surface area contributed by atoms with Gasteiger partial charge in [-0.25, -0.2) is 4.39 Å². The Labute approximate surface area is 154 Å². The number of halogens is 2. The second-order valence-electron chi connectivity index (χ2n) is 6.28. The zero-order chi connectivity index (χ0) is 17.6. The van der Waals surface area contributed by atoms with Gasteiger partial charge < -0.3 is 0 Å². The van der Waals surface area contributed by atoms with Gasteiger partial charge in [-0.2, -0.15) is 0 Å². The van der Waals surface area contributed by atoms with Crippen LogP contribution in [0, 0.1) is 5.82 Å². The molecule has 0 aliphatic heterocycles. The monoisotopic (exact) mass is 352 g/mol. The molecule has 0 aromatic heterocycles. The number of hydrogen-bond acceptors (Lipinski definition) is 0. The number of hydrogen-bond donors (Lipinski definition) is 0. The second kappa shape index (κ2) is 8.31. The Kier molecular flexibility index (Phi) is 5.88. The molecule has 0 N–H and O–H groups in total. The maximum Gasteiger partial charge on any atom is 0.131 e. The van der Waals surface area contributed by atoms with Crippen LogP contribution in [0.3, 0.4) is 0 Å². The minimum Gasteiger partial charge on any atom is -0.206 e. The molecule has 0 amide bonds. The SMILES string of the molecule is CCCc1ccc(-c2ccc(-c3ccc(CCCl)cc3)cc2F)cc1. The lowest BCUT2D eigenvalue weighted by molar-refractivity contribution is 0.632. The summed E-state index contributed by atoms with van der Waals surface area (Å²) in [5, 5.41) is 0. The molecular weight excluding hydrogens is 331 g/mol. The number of benzene rings is 3. The molecular formula is C23H22ClF. The van der Waals surface area contributed by atoms with E-state index in [0.717, 1.165) is 36.0 Å². The van der Waals surface area contributed by atoms with Crippen molar-refractivity contribution in [3.8, 4) is 22.3 Å². The third-order valence-corrected chi connectivity index (χ3v) is 4.63. The molecule has 0 bridgehead atoms. The predicted molar refractivity (Wildman–Crippen MR) is 106 cm³/mol. The molecule has 3 rings (SSSR count). The molecule has 0 aliphatic rings. The summed E-state index contributed by atoms with van der Waals surface area (Å²) in [4.78, 5) is 0. The molecule has 0 radical (unpaired) electrons. The van der Waals surface area contributed by atoms with Crippen LogP contribution in [-0.4, -0.2) is 5.88 Å². The maximum absolute atomic E-state index is 14.7. The summed E-state index contributed by atoms with van der Waals surface area (Å²) in [6.45, 7) is 2.16. The first-order valence-corrected chi connectivity index (χ1v) is 9.29. The van der Waals surface area contributed by atoms with Gasteiger partial charge in [-0.15, -0.1) is 11.6 Å². The summed E-state index contributed by atoms with van der Waals surface area (Å²) >= 11 is 5.77. The highest BCUT2D eigenvalue weighted by Gasteiger charge is 2.08. The van der Waals surface area contributed by atoms with E-state index >= 15 is 0 Å². The molecule has 0 nitrogen and oxygen atoms in total. The Morgan fingerprint density at radius 1 is 0.720 bits per heavy atom. The van der Waals surface area contributed by atoms with Crippen LogP contribution < -0.4 is 0 Å². The van der Waals surface area contributed by atoms with Crippen molar-refractivity contribution in [1.82, 2.24) is 0 Å². The molecule has 25 heavy (non-hydrogen) atoms. The zero-order valence-electron chi connectivity index (χ0n) is 14.4. The molecule has 3 aromatic carbocycles. The third kappa shape index (κ3) is 4.29.